The highest BCUT2D eigenvalue weighted by Crippen LogP contribution is 2.14. The van der Waals surface area contributed by atoms with E-state index < -0.39 is 5.97 Å². The van der Waals surface area contributed by atoms with Crippen LogP contribution in [0.1, 0.15) is 148 Å². The Kier molecular flexibility index (Phi) is 36.4. The minimum Gasteiger partial charge on any atom is -1.00 e. The Hall–Kier alpha value is -0.360. The molecule has 0 bridgehead atoms. The summed E-state index contributed by atoms with van der Waals surface area (Å²) in [5.41, 5.74) is 5.40. The number of hydrogen-bond donors (Lipinski definition) is 3. The maximum absolute atomic E-state index is 10.4. The molecular formula is C30H65ClN2O3. The van der Waals surface area contributed by atoms with Gasteiger partial charge in [-0.3, -0.25) is 4.79 Å². The number of quaternary nitrogens is 1. The van der Waals surface area contributed by atoms with Crippen molar-refractivity contribution in [2.45, 2.75) is 148 Å². The second-order valence-electron chi connectivity index (χ2n) is 11.1. The van der Waals surface area contributed by atoms with Gasteiger partial charge in [0.2, 0.25) is 0 Å². The first kappa shape index (κ1) is 40.1. The van der Waals surface area contributed by atoms with Gasteiger partial charge in [-0.25, -0.2) is 0 Å². The summed E-state index contributed by atoms with van der Waals surface area (Å²) in [5, 5.41) is 17.2. The fourth-order valence-corrected chi connectivity index (χ4v) is 4.48. The third-order valence-corrected chi connectivity index (χ3v) is 6.88. The van der Waals surface area contributed by atoms with Gasteiger partial charge in [-0.1, -0.05) is 122 Å². The van der Waals surface area contributed by atoms with Crippen LogP contribution >= 0.6 is 0 Å². The van der Waals surface area contributed by atoms with E-state index in [1.165, 1.54) is 109 Å². The van der Waals surface area contributed by atoms with Gasteiger partial charge in [-0.2, -0.15) is 0 Å². The molecule has 5 nitrogen and oxygen atoms in total. The van der Waals surface area contributed by atoms with Crippen molar-refractivity contribution in [2.24, 2.45) is 5.73 Å². The van der Waals surface area contributed by atoms with Crippen LogP contribution in [0, 0.1) is 0 Å². The van der Waals surface area contributed by atoms with E-state index in [9.17, 15) is 4.79 Å². The number of aliphatic hydroxyl groups is 1. The molecule has 0 aliphatic rings. The smallest absolute Gasteiger partial charge is 0.303 e. The number of rotatable bonds is 26. The van der Waals surface area contributed by atoms with Crippen LogP contribution in [0.2, 0.25) is 0 Å². The summed E-state index contributed by atoms with van der Waals surface area (Å²) in [6.07, 6.45) is 28.1. The summed E-state index contributed by atoms with van der Waals surface area (Å²) in [5.74, 6) is -0.651. The lowest BCUT2D eigenvalue weighted by Gasteiger charge is -2.29. The number of unbranched alkanes of at least 4 members (excludes halogenated alkanes) is 18. The topological polar surface area (TPSA) is 83.5 Å². The Morgan fingerprint density at radius 2 is 0.944 bits per heavy atom. The molecule has 0 saturated carbocycles. The fraction of sp³-hybridized carbons (Fsp3) is 0.967. The highest BCUT2D eigenvalue weighted by atomic mass is 35.5. The summed E-state index contributed by atoms with van der Waals surface area (Å²) >= 11 is 0. The summed E-state index contributed by atoms with van der Waals surface area (Å²) in [6.45, 7) is 5.49. The molecular weight excluding hydrogens is 472 g/mol. The Bertz CT molecular complexity index is 413. The van der Waals surface area contributed by atoms with Crippen molar-refractivity contribution in [2.75, 3.05) is 40.3 Å². The number of carbonyl (C=O) groups is 1. The van der Waals surface area contributed by atoms with E-state index in [4.69, 9.17) is 15.9 Å². The van der Waals surface area contributed by atoms with E-state index in [1.54, 1.807) is 0 Å². The van der Waals surface area contributed by atoms with E-state index in [-0.39, 0.29) is 12.4 Å². The lowest BCUT2D eigenvalue weighted by Crippen LogP contribution is -3.00. The SMILES string of the molecule is CCCCCCCCCCCCCCCCCCCCCC(=O)O.C[N+](C)(CCCN)CCCO.[Cl-]. The predicted molar refractivity (Wildman–Crippen MR) is 153 cm³/mol. The normalized spacial score (nSPS) is 11.0. The number of hydrogen-bond acceptors (Lipinski definition) is 3. The average molecular weight is 537 g/mol. The number of nitrogens with two attached hydrogens (primary N) is 1. The molecule has 0 fully saturated rings. The van der Waals surface area contributed by atoms with Crippen molar-refractivity contribution in [1.29, 1.82) is 0 Å². The van der Waals surface area contributed by atoms with Crippen molar-refractivity contribution >= 4 is 5.97 Å². The van der Waals surface area contributed by atoms with Gasteiger partial charge in [-0.05, 0) is 13.0 Å². The van der Waals surface area contributed by atoms with E-state index in [1.807, 2.05) is 0 Å². The van der Waals surface area contributed by atoms with Gasteiger partial charge in [0, 0.05) is 25.9 Å². The largest absolute Gasteiger partial charge is 1.00 e. The zero-order chi connectivity index (χ0) is 26.5. The van der Waals surface area contributed by atoms with Crippen molar-refractivity contribution in [3.05, 3.63) is 0 Å². The number of nitrogens with zero attached hydrogens (tertiary/aromatic N) is 1. The third-order valence-electron chi connectivity index (χ3n) is 6.88. The summed E-state index contributed by atoms with van der Waals surface area (Å²) < 4.78 is 0.970. The van der Waals surface area contributed by atoms with Crippen molar-refractivity contribution in [3.8, 4) is 0 Å². The third kappa shape index (κ3) is 38.2. The number of aliphatic carboxylic acids is 1. The highest BCUT2D eigenvalue weighted by Gasteiger charge is 2.12. The predicted octanol–water partition coefficient (Wildman–Crippen LogP) is 4.69. The minimum absolute atomic E-state index is 0. The van der Waals surface area contributed by atoms with E-state index in [2.05, 4.69) is 21.0 Å². The van der Waals surface area contributed by atoms with Crippen LogP contribution in [0.4, 0.5) is 0 Å². The molecule has 0 rings (SSSR count). The lowest BCUT2D eigenvalue weighted by atomic mass is 10.0. The molecule has 0 heterocycles. The molecule has 0 saturated heterocycles. The maximum atomic E-state index is 10.4. The van der Waals surface area contributed by atoms with Crippen LogP contribution in [-0.4, -0.2) is 61.0 Å². The van der Waals surface area contributed by atoms with Crippen LogP contribution in [0.15, 0.2) is 0 Å². The first-order chi connectivity index (χ1) is 16.9. The van der Waals surface area contributed by atoms with Crippen LogP contribution in [0.25, 0.3) is 0 Å². The molecule has 0 aromatic heterocycles. The van der Waals surface area contributed by atoms with Crippen molar-refractivity contribution in [1.82, 2.24) is 0 Å². The Labute approximate surface area is 232 Å². The molecule has 0 atom stereocenters. The summed E-state index contributed by atoms with van der Waals surface area (Å²) in [7, 11) is 4.34. The molecule has 0 unspecified atom stereocenters. The van der Waals surface area contributed by atoms with Gasteiger partial charge in [0.25, 0.3) is 0 Å². The number of carboxylic acids is 1. The van der Waals surface area contributed by atoms with Gasteiger partial charge < -0.3 is 32.8 Å². The quantitative estimate of drug-likeness (QED) is 0.111. The van der Waals surface area contributed by atoms with E-state index in [0.29, 0.717) is 13.0 Å². The second-order valence-corrected chi connectivity index (χ2v) is 11.1. The van der Waals surface area contributed by atoms with Crippen LogP contribution in [-0.2, 0) is 4.79 Å². The zero-order valence-corrected chi connectivity index (χ0v) is 25.3. The number of carboxylic acid groups (broad SMARTS) is 1. The lowest BCUT2D eigenvalue weighted by molar-refractivity contribution is -0.890. The van der Waals surface area contributed by atoms with Gasteiger partial charge in [-0.15, -0.1) is 0 Å². The Morgan fingerprint density at radius 3 is 1.25 bits per heavy atom. The zero-order valence-electron chi connectivity index (χ0n) is 24.6. The summed E-state index contributed by atoms with van der Waals surface area (Å²) in [4.78, 5) is 10.4. The molecule has 0 aliphatic heterocycles. The van der Waals surface area contributed by atoms with Gasteiger partial charge in [0.15, 0.2) is 0 Å². The van der Waals surface area contributed by atoms with Crippen LogP contribution in [0.5, 0.6) is 0 Å². The average Bonchev–Trinajstić information content (AvgIpc) is 2.83. The number of aliphatic hydroxyl groups excluding tert-OH is 1. The van der Waals surface area contributed by atoms with Crippen LogP contribution < -0.4 is 18.1 Å². The van der Waals surface area contributed by atoms with Crippen LogP contribution in [0.3, 0.4) is 0 Å². The maximum Gasteiger partial charge on any atom is 0.303 e. The first-order valence-corrected chi connectivity index (χ1v) is 15.2. The molecule has 220 valence electrons. The monoisotopic (exact) mass is 536 g/mol. The summed E-state index contributed by atoms with van der Waals surface area (Å²) in [6, 6.07) is 0. The van der Waals surface area contributed by atoms with Gasteiger partial charge >= 0.3 is 5.97 Å². The van der Waals surface area contributed by atoms with Gasteiger partial charge in [0.05, 0.1) is 27.2 Å². The highest BCUT2D eigenvalue weighted by molar-refractivity contribution is 5.66. The number of halogens is 1. The standard InChI is InChI=1S/C22H44O2.C8H21N2O.ClH/c1-2-3-4-5-6-7-8-9-10-11-12-13-14-15-16-17-18-19-20-21-22(23)24;1-10(2,6-3-5-9)7-4-8-11;/h2-21H2,1H3,(H,23,24);11H,3-9H2,1-2H3;1H/q;+1;/p-1. The Balaban J connectivity index is -0.000000764. The second kappa shape index (κ2) is 32.7. The molecule has 36 heavy (non-hydrogen) atoms. The fourth-order valence-electron chi connectivity index (χ4n) is 4.48. The van der Waals surface area contributed by atoms with E-state index >= 15 is 0 Å². The molecule has 0 aromatic carbocycles. The molecule has 0 spiro atoms. The minimum atomic E-state index is -0.651. The molecule has 4 N–H and O–H groups in total. The molecule has 6 heteroatoms. The Morgan fingerprint density at radius 1 is 0.611 bits per heavy atom. The molecule has 0 aromatic rings. The van der Waals surface area contributed by atoms with Crippen molar-refractivity contribution < 1.29 is 31.9 Å². The molecule has 0 aliphatic carbocycles. The van der Waals surface area contributed by atoms with Crippen molar-refractivity contribution in [3.63, 3.8) is 0 Å². The first-order valence-electron chi connectivity index (χ1n) is 15.2. The molecule has 0 amide bonds. The van der Waals surface area contributed by atoms with E-state index in [0.717, 1.165) is 49.8 Å². The molecule has 0 radical (unpaired) electrons. The van der Waals surface area contributed by atoms with Gasteiger partial charge in [0.1, 0.15) is 0 Å².